The number of non-ortho nitro benzene ring substituents is 1. The summed E-state index contributed by atoms with van der Waals surface area (Å²) in [5, 5.41) is 22.3. The van der Waals surface area contributed by atoms with Gasteiger partial charge < -0.3 is 9.80 Å². The van der Waals surface area contributed by atoms with Crippen LogP contribution in [0, 0.1) is 20.2 Å². The van der Waals surface area contributed by atoms with E-state index in [0.29, 0.717) is 43.3 Å². The third-order valence-corrected chi connectivity index (χ3v) is 5.10. The van der Waals surface area contributed by atoms with Crippen LogP contribution in [0.3, 0.4) is 0 Å². The van der Waals surface area contributed by atoms with Crippen LogP contribution < -0.4 is 4.90 Å². The quantitative estimate of drug-likeness (QED) is 0.562. The molecule has 0 unspecified atom stereocenters. The van der Waals surface area contributed by atoms with Gasteiger partial charge in [-0.05, 0) is 29.7 Å². The zero-order chi connectivity index (χ0) is 21.1. The van der Waals surface area contributed by atoms with Gasteiger partial charge in [-0.2, -0.15) is 0 Å². The lowest BCUT2D eigenvalue weighted by atomic mass is 10.0. The lowest BCUT2D eigenvalue weighted by Crippen LogP contribution is -2.49. The molecule has 9 heteroatoms. The average molecular weight is 398 g/mol. The van der Waals surface area contributed by atoms with E-state index in [2.05, 4.69) is 13.8 Å². The van der Waals surface area contributed by atoms with Crippen LogP contribution >= 0.6 is 0 Å². The van der Waals surface area contributed by atoms with Gasteiger partial charge in [0, 0.05) is 37.8 Å². The van der Waals surface area contributed by atoms with E-state index < -0.39 is 9.85 Å². The van der Waals surface area contributed by atoms with Crippen molar-refractivity contribution >= 4 is 23.0 Å². The summed E-state index contributed by atoms with van der Waals surface area (Å²) in [4.78, 5) is 37.2. The van der Waals surface area contributed by atoms with Crippen LogP contribution in [0.2, 0.25) is 0 Å². The molecule has 0 aromatic heterocycles. The number of hydrogen-bond donors (Lipinski definition) is 0. The lowest BCUT2D eigenvalue weighted by Gasteiger charge is -2.35. The fourth-order valence-corrected chi connectivity index (χ4v) is 3.38. The molecule has 0 saturated carbocycles. The molecule has 2 aromatic carbocycles. The minimum atomic E-state index is -0.655. The number of carbonyl (C=O) groups is 1. The molecular weight excluding hydrogens is 376 g/mol. The molecule has 0 aliphatic carbocycles. The van der Waals surface area contributed by atoms with Crippen LogP contribution in [0.4, 0.5) is 17.1 Å². The highest BCUT2D eigenvalue weighted by molar-refractivity contribution is 5.94. The maximum absolute atomic E-state index is 12.7. The number of rotatable bonds is 5. The molecule has 1 amide bonds. The molecule has 1 aliphatic rings. The monoisotopic (exact) mass is 398 g/mol. The normalized spacial score (nSPS) is 14.2. The zero-order valence-electron chi connectivity index (χ0n) is 16.3. The number of piperazine rings is 1. The molecule has 29 heavy (non-hydrogen) atoms. The van der Waals surface area contributed by atoms with E-state index >= 15 is 0 Å². The Morgan fingerprint density at radius 3 is 2.07 bits per heavy atom. The molecule has 1 saturated heterocycles. The number of benzene rings is 2. The van der Waals surface area contributed by atoms with E-state index in [4.69, 9.17) is 0 Å². The summed E-state index contributed by atoms with van der Waals surface area (Å²) in [7, 11) is 0. The minimum absolute atomic E-state index is 0.0712. The van der Waals surface area contributed by atoms with Gasteiger partial charge in [0.1, 0.15) is 5.69 Å². The van der Waals surface area contributed by atoms with Gasteiger partial charge in [0.25, 0.3) is 17.3 Å². The van der Waals surface area contributed by atoms with Crippen LogP contribution in [0.15, 0.2) is 42.5 Å². The molecule has 9 nitrogen and oxygen atoms in total. The lowest BCUT2D eigenvalue weighted by molar-refractivity contribution is -0.393. The highest BCUT2D eigenvalue weighted by Gasteiger charge is 2.28. The largest absolute Gasteiger partial charge is 0.362 e. The van der Waals surface area contributed by atoms with Gasteiger partial charge >= 0.3 is 0 Å². The van der Waals surface area contributed by atoms with Crippen molar-refractivity contribution in [2.75, 3.05) is 31.1 Å². The van der Waals surface area contributed by atoms with Crippen LogP contribution in [0.1, 0.15) is 35.7 Å². The third-order valence-electron chi connectivity index (χ3n) is 5.10. The number of anilines is 1. The maximum atomic E-state index is 12.7. The summed E-state index contributed by atoms with van der Waals surface area (Å²) >= 11 is 0. The van der Waals surface area contributed by atoms with E-state index in [1.54, 1.807) is 9.80 Å². The van der Waals surface area contributed by atoms with Gasteiger partial charge in [-0.25, -0.2) is 0 Å². The Hall–Kier alpha value is -3.49. The average Bonchev–Trinajstić information content (AvgIpc) is 2.73. The molecule has 1 fully saturated rings. The Bertz CT molecular complexity index is 934. The van der Waals surface area contributed by atoms with E-state index in [9.17, 15) is 25.0 Å². The Kier molecular flexibility index (Phi) is 5.76. The molecule has 1 aliphatic heterocycles. The number of amides is 1. The van der Waals surface area contributed by atoms with Crippen molar-refractivity contribution < 1.29 is 14.6 Å². The number of nitro benzene ring substituents is 2. The van der Waals surface area contributed by atoms with E-state index in [1.807, 2.05) is 24.3 Å². The molecule has 1 heterocycles. The van der Waals surface area contributed by atoms with Gasteiger partial charge in [0.2, 0.25) is 0 Å². The molecule has 0 radical (unpaired) electrons. The number of nitrogens with zero attached hydrogens (tertiary/aromatic N) is 4. The predicted molar refractivity (Wildman–Crippen MR) is 108 cm³/mol. The summed E-state index contributed by atoms with van der Waals surface area (Å²) in [6.07, 6.45) is 0. The first-order valence-electron chi connectivity index (χ1n) is 9.35. The van der Waals surface area contributed by atoms with Gasteiger partial charge in [-0.3, -0.25) is 25.0 Å². The van der Waals surface area contributed by atoms with Crippen LogP contribution in [0.25, 0.3) is 0 Å². The van der Waals surface area contributed by atoms with Crippen molar-refractivity contribution in [3.8, 4) is 0 Å². The molecule has 0 atom stereocenters. The smallest absolute Gasteiger partial charge is 0.299 e. The highest BCUT2D eigenvalue weighted by atomic mass is 16.6. The van der Waals surface area contributed by atoms with Gasteiger partial charge in [-0.1, -0.05) is 26.0 Å². The molecule has 3 rings (SSSR count). The molecule has 0 N–H and O–H groups in total. The second-order valence-electron chi connectivity index (χ2n) is 7.24. The second kappa shape index (κ2) is 8.26. The SMILES string of the molecule is CC(C)c1ccc(C(=O)N2CCN(c3ccc([N+](=O)[O-])cc3[N+](=O)[O-])CC2)cc1. The van der Waals surface area contributed by atoms with Crippen molar-refractivity contribution in [1.82, 2.24) is 4.90 Å². The second-order valence-corrected chi connectivity index (χ2v) is 7.24. The molecule has 2 aromatic rings. The summed E-state index contributed by atoms with van der Waals surface area (Å²) in [5.41, 5.74) is 1.48. The van der Waals surface area contributed by atoms with E-state index in [-0.39, 0.29) is 17.3 Å². The third kappa shape index (κ3) is 4.34. The molecule has 0 spiro atoms. The number of carbonyl (C=O) groups excluding carboxylic acids is 1. The van der Waals surface area contributed by atoms with Crippen LogP contribution in [-0.4, -0.2) is 46.8 Å². The van der Waals surface area contributed by atoms with Gasteiger partial charge in [-0.15, -0.1) is 0 Å². The van der Waals surface area contributed by atoms with Crippen molar-refractivity contribution in [3.63, 3.8) is 0 Å². The molecule has 152 valence electrons. The maximum Gasteiger partial charge on any atom is 0.299 e. The molecular formula is C20H22N4O5. The summed E-state index contributed by atoms with van der Waals surface area (Å²) < 4.78 is 0. The standard InChI is InChI=1S/C20H22N4O5/c1-14(2)15-3-5-16(6-4-15)20(25)22-11-9-21(10-12-22)18-8-7-17(23(26)27)13-19(18)24(28)29/h3-8,13-14H,9-12H2,1-2H3. The summed E-state index contributed by atoms with van der Waals surface area (Å²) in [6.45, 7) is 5.83. The Morgan fingerprint density at radius 1 is 0.931 bits per heavy atom. The van der Waals surface area contributed by atoms with E-state index in [0.717, 1.165) is 11.6 Å². The van der Waals surface area contributed by atoms with Gasteiger partial charge in [0.05, 0.1) is 15.9 Å². The van der Waals surface area contributed by atoms with Crippen molar-refractivity contribution in [2.24, 2.45) is 0 Å². The minimum Gasteiger partial charge on any atom is -0.362 e. The predicted octanol–water partition coefficient (Wildman–Crippen LogP) is 3.59. The number of nitro groups is 2. The fourth-order valence-electron chi connectivity index (χ4n) is 3.38. The van der Waals surface area contributed by atoms with Crippen LogP contribution in [0.5, 0.6) is 0 Å². The first kappa shape index (κ1) is 20.2. The Balaban J connectivity index is 1.71. The van der Waals surface area contributed by atoms with E-state index in [1.165, 1.54) is 12.1 Å². The fraction of sp³-hybridized carbons (Fsp3) is 0.350. The highest BCUT2D eigenvalue weighted by Crippen LogP contribution is 2.32. The molecule has 0 bridgehead atoms. The first-order chi connectivity index (χ1) is 13.8. The first-order valence-corrected chi connectivity index (χ1v) is 9.35. The summed E-state index contributed by atoms with van der Waals surface area (Å²) in [6, 6.07) is 11.2. The number of hydrogen-bond acceptors (Lipinski definition) is 6. The zero-order valence-corrected chi connectivity index (χ0v) is 16.3. The summed E-state index contributed by atoms with van der Waals surface area (Å²) in [5.74, 6) is 0.318. The topological polar surface area (TPSA) is 110 Å². The van der Waals surface area contributed by atoms with Crippen molar-refractivity contribution in [1.29, 1.82) is 0 Å². The van der Waals surface area contributed by atoms with Crippen molar-refractivity contribution in [3.05, 3.63) is 73.8 Å². The van der Waals surface area contributed by atoms with Crippen molar-refractivity contribution in [2.45, 2.75) is 19.8 Å². The van der Waals surface area contributed by atoms with Crippen LogP contribution in [-0.2, 0) is 0 Å². The Morgan fingerprint density at radius 2 is 1.55 bits per heavy atom. The Labute approximate surface area is 167 Å². The van der Waals surface area contributed by atoms with Gasteiger partial charge in [0.15, 0.2) is 0 Å².